The number of phenols is 2. The molecule has 54 valence electrons. The average Bonchev–Trinajstić information content (AvgIpc) is 2.00. The molecule has 1 rings (SSSR count). The Morgan fingerprint density at radius 1 is 1.00 bits per heavy atom. The molecule has 0 heterocycles. The summed E-state index contributed by atoms with van der Waals surface area (Å²) < 4.78 is 0. The van der Waals surface area contributed by atoms with Crippen molar-refractivity contribution in [1.29, 1.82) is 0 Å². The van der Waals surface area contributed by atoms with E-state index in [1.807, 2.05) is 14.7 Å². The number of phenolic OH excluding ortho intramolecular Hbond substituents is 2. The van der Waals surface area contributed by atoms with Gasteiger partial charge in [0.15, 0.2) is 11.5 Å². The molecule has 0 aliphatic rings. The van der Waals surface area contributed by atoms with Crippen molar-refractivity contribution < 1.29 is 10.2 Å². The molecule has 3 heteroatoms. The van der Waals surface area contributed by atoms with Gasteiger partial charge in [0.05, 0.1) is 7.85 Å². The van der Waals surface area contributed by atoms with Gasteiger partial charge in [-0.1, -0.05) is 19.0 Å². The Labute approximate surface area is 61.5 Å². The Kier molecular flexibility index (Phi) is 4.21. The smallest absolute Gasteiger partial charge is 0.157 e. The van der Waals surface area contributed by atoms with Gasteiger partial charge in [-0.3, -0.25) is 0 Å². The van der Waals surface area contributed by atoms with Gasteiger partial charge in [0.2, 0.25) is 0 Å². The lowest BCUT2D eigenvalue weighted by atomic mass is 10.2. The molecule has 0 unspecified atom stereocenters. The van der Waals surface area contributed by atoms with E-state index in [1.54, 1.807) is 12.1 Å². The lowest BCUT2D eigenvalue weighted by Gasteiger charge is -1.91. The van der Waals surface area contributed by atoms with E-state index in [0.29, 0.717) is 0 Å². The Hall–Kier alpha value is -1.12. The molecule has 1 aromatic carbocycles. The first-order valence-corrected chi connectivity index (χ1v) is 3.27. The standard InChI is InChI=1S/C6H6O2.CH5B/c7-5-3-1-2-4-6(5)8;1-2/h1-4,7-8H;2H2,1H3. The zero-order chi connectivity index (χ0) is 7.98. The number of aromatic hydroxyl groups is 2. The zero-order valence-electron chi connectivity index (χ0n) is 6.20. The van der Waals surface area contributed by atoms with E-state index in [9.17, 15) is 0 Å². The summed E-state index contributed by atoms with van der Waals surface area (Å²) in [5.74, 6) is -0.153. The molecule has 0 saturated carbocycles. The fourth-order valence-electron chi connectivity index (χ4n) is 0.464. The molecule has 0 fully saturated rings. The summed E-state index contributed by atoms with van der Waals surface area (Å²) >= 11 is 0. The average molecular weight is 138 g/mol. The predicted molar refractivity (Wildman–Crippen MR) is 44.2 cm³/mol. The van der Waals surface area contributed by atoms with Crippen molar-refractivity contribution in [3.63, 3.8) is 0 Å². The second-order valence-corrected chi connectivity index (χ2v) is 1.49. The minimum absolute atomic E-state index is 0.0764. The third-order valence-electron chi connectivity index (χ3n) is 0.882. The fraction of sp³-hybridized carbons (Fsp3) is 0.143. The molecular weight excluding hydrogens is 127 g/mol. The number of para-hydroxylation sites is 2. The summed E-state index contributed by atoms with van der Waals surface area (Å²) in [5, 5.41) is 17.3. The molecular formula is C7H11BO2. The van der Waals surface area contributed by atoms with Gasteiger partial charge in [-0.2, -0.15) is 0 Å². The van der Waals surface area contributed by atoms with Crippen LogP contribution < -0.4 is 0 Å². The van der Waals surface area contributed by atoms with Crippen molar-refractivity contribution >= 4 is 7.85 Å². The first-order chi connectivity index (χ1) is 4.80. The number of rotatable bonds is 0. The Morgan fingerprint density at radius 3 is 1.50 bits per heavy atom. The van der Waals surface area contributed by atoms with Crippen LogP contribution in [-0.2, 0) is 0 Å². The van der Waals surface area contributed by atoms with Crippen LogP contribution in [0.1, 0.15) is 0 Å². The Bertz CT molecular complexity index is 168. The van der Waals surface area contributed by atoms with Gasteiger partial charge >= 0.3 is 0 Å². The normalized spacial score (nSPS) is 7.70. The molecule has 0 aromatic heterocycles. The lowest BCUT2D eigenvalue weighted by Crippen LogP contribution is -1.63. The molecule has 2 N–H and O–H groups in total. The highest BCUT2D eigenvalue weighted by Crippen LogP contribution is 2.21. The van der Waals surface area contributed by atoms with Crippen molar-refractivity contribution in [3.05, 3.63) is 24.3 Å². The van der Waals surface area contributed by atoms with Gasteiger partial charge in [0.25, 0.3) is 0 Å². The molecule has 10 heavy (non-hydrogen) atoms. The molecule has 0 amide bonds. The largest absolute Gasteiger partial charge is 0.504 e. The number of hydrogen-bond acceptors (Lipinski definition) is 2. The van der Waals surface area contributed by atoms with Crippen LogP contribution in [0.5, 0.6) is 11.5 Å². The highest BCUT2D eigenvalue weighted by atomic mass is 16.3. The van der Waals surface area contributed by atoms with Crippen LogP contribution in [0.3, 0.4) is 0 Å². The van der Waals surface area contributed by atoms with Crippen LogP contribution in [0, 0.1) is 0 Å². The van der Waals surface area contributed by atoms with E-state index in [4.69, 9.17) is 10.2 Å². The number of benzene rings is 1. The topological polar surface area (TPSA) is 40.5 Å². The predicted octanol–water partition coefficient (Wildman–Crippen LogP) is 0.765. The van der Waals surface area contributed by atoms with E-state index in [0.717, 1.165) is 0 Å². The van der Waals surface area contributed by atoms with E-state index >= 15 is 0 Å². The summed E-state index contributed by atoms with van der Waals surface area (Å²) in [6.45, 7) is 2.00. The van der Waals surface area contributed by atoms with Crippen molar-refractivity contribution in [2.24, 2.45) is 0 Å². The zero-order valence-corrected chi connectivity index (χ0v) is 6.20. The van der Waals surface area contributed by atoms with Crippen molar-refractivity contribution in [2.45, 2.75) is 6.82 Å². The minimum atomic E-state index is -0.0764. The third kappa shape index (κ3) is 2.44. The maximum absolute atomic E-state index is 8.67. The Balaban J connectivity index is 0.000000371. The molecule has 0 bridgehead atoms. The molecule has 0 spiro atoms. The van der Waals surface area contributed by atoms with E-state index in [2.05, 4.69) is 0 Å². The summed E-state index contributed by atoms with van der Waals surface area (Å²) in [4.78, 5) is 0. The molecule has 0 radical (unpaired) electrons. The van der Waals surface area contributed by atoms with Crippen molar-refractivity contribution in [2.75, 3.05) is 0 Å². The quantitative estimate of drug-likeness (QED) is 0.410. The van der Waals surface area contributed by atoms with Gasteiger partial charge in [-0.25, -0.2) is 0 Å². The maximum atomic E-state index is 8.67. The first-order valence-electron chi connectivity index (χ1n) is 3.27. The summed E-state index contributed by atoms with van der Waals surface area (Å²) in [6, 6.07) is 6.15. The second-order valence-electron chi connectivity index (χ2n) is 1.49. The molecule has 1 aromatic rings. The highest BCUT2D eigenvalue weighted by Gasteiger charge is 1.90. The SMILES string of the molecule is BC.Oc1ccccc1O. The molecule has 2 nitrogen and oxygen atoms in total. The van der Waals surface area contributed by atoms with Crippen molar-refractivity contribution in [1.82, 2.24) is 0 Å². The third-order valence-corrected chi connectivity index (χ3v) is 0.882. The highest BCUT2D eigenvalue weighted by molar-refractivity contribution is 6.05. The van der Waals surface area contributed by atoms with Crippen LogP contribution in [0.4, 0.5) is 0 Å². The lowest BCUT2D eigenvalue weighted by molar-refractivity contribution is 0.404. The van der Waals surface area contributed by atoms with Gasteiger partial charge in [0.1, 0.15) is 0 Å². The maximum Gasteiger partial charge on any atom is 0.157 e. The Morgan fingerprint density at radius 2 is 1.30 bits per heavy atom. The summed E-state index contributed by atoms with van der Waals surface area (Å²) in [7, 11) is 2.00. The van der Waals surface area contributed by atoms with E-state index in [1.165, 1.54) is 12.1 Å². The first kappa shape index (κ1) is 8.88. The molecule has 0 aliphatic heterocycles. The van der Waals surface area contributed by atoms with E-state index in [-0.39, 0.29) is 11.5 Å². The summed E-state index contributed by atoms with van der Waals surface area (Å²) in [6.07, 6.45) is 0. The van der Waals surface area contributed by atoms with Crippen LogP contribution >= 0.6 is 0 Å². The van der Waals surface area contributed by atoms with Crippen LogP contribution in [0.15, 0.2) is 24.3 Å². The summed E-state index contributed by atoms with van der Waals surface area (Å²) in [5.41, 5.74) is 0. The van der Waals surface area contributed by atoms with Crippen LogP contribution in [-0.4, -0.2) is 18.1 Å². The molecule has 0 atom stereocenters. The number of hydrogen-bond donors (Lipinski definition) is 2. The monoisotopic (exact) mass is 138 g/mol. The molecule has 0 saturated heterocycles. The van der Waals surface area contributed by atoms with Crippen LogP contribution in [0.2, 0.25) is 6.82 Å². The van der Waals surface area contributed by atoms with Gasteiger partial charge in [0, 0.05) is 0 Å². The van der Waals surface area contributed by atoms with E-state index < -0.39 is 0 Å². The minimum Gasteiger partial charge on any atom is -0.504 e. The molecule has 0 aliphatic carbocycles. The van der Waals surface area contributed by atoms with Crippen molar-refractivity contribution in [3.8, 4) is 11.5 Å². The van der Waals surface area contributed by atoms with Gasteiger partial charge < -0.3 is 10.2 Å². The van der Waals surface area contributed by atoms with Crippen LogP contribution in [0.25, 0.3) is 0 Å². The fourth-order valence-corrected chi connectivity index (χ4v) is 0.464. The van der Waals surface area contributed by atoms with Gasteiger partial charge in [-0.15, -0.1) is 0 Å². The van der Waals surface area contributed by atoms with Gasteiger partial charge in [-0.05, 0) is 12.1 Å². The second kappa shape index (κ2) is 4.73.